The third-order valence-electron chi connectivity index (χ3n) is 3.48. The van der Waals surface area contributed by atoms with Crippen molar-refractivity contribution >= 4 is 10.8 Å². The highest BCUT2D eigenvalue weighted by Crippen LogP contribution is 2.16. The Morgan fingerprint density at radius 1 is 1.42 bits per heavy atom. The van der Waals surface area contributed by atoms with Crippen LogP contribution in [0.3, 0.4) is 0 Å². The Morgan fingerprint density at radius 2 is 2.11 bits per heavy atom. The van der Waals surface area contributed by atoms with Gasteiger partial charge in [0, 0.05) is 41.1 Å². The molecule has 3 atom stereocenters. The number of aliphatic hydroxyl groups excluding tert-OH is 1. The van der Waals surface area contributed by atoms with Gasteiger partial charge in [-0.05, 0) is 24.6 Å². The van der Waals surface area contributed by atoms with Crippen molar-refractivity contribution in [1.82, 2.24) is 4.90 Å². The van der Waals surface area contributed by atoms with Crippen LogP contribution in [0.4, 0.5) is 0 Å². The van der Waals surface area contributed by atoms with Gasteiger partial charge in [0.2, 0.25) is 0 Å². The molecule has 0 spiro atoms. The number of benzene rings is 1. The molecule has 2 rings (SSSR count). The minimum atomic E-state index is -0.925. The van der Waals surface area contributed by atoms with Crippen molar-refractivity contribution in [2.45, 2.75) is 30.5 Å². The number of aliphatic hydroxyl groups is 1. The van der Waals surface area contributed by atoms with E-state index in [4.69, 9.17) is 4.74 Å². The summed E-state index contributed by atoms with van der Waals surface area (Å²) in [6.45, 7) is 4.43. The molecule has 5 heteroatoms. The first-order chi connectivity index (χ1) is 9.10. The second-order valence-corrected chi connectivity index (χ2v) is 6.39. The van der Waals surface area contributed by atoms with E-state index in [0.717, 1.165) is 18.0 Å². The molecule has 1 aliphatic heterocycles. The molecule has 1 fully saturated rings. The fraction of sp³-hybridized carbons (Fsp3) is 0.571. The van der Waals surface area contributed by atoms with Crippen LogP contribution in [0.25, 0.3) is 0 Å². The second-order valence-electron chi connectivity index (χ2n) is 5.01. The molecule has 0 amide bonds. The maximum absolute atomic E-state index is 11.3. The first-order valence-corrected chi connectivity index (χ1v) is 8.05. The zero-order chi connectivity index (χ0) is 13.8. The number of morpholine rings is 1. The highest BCUT2D eigenvalue weighted by Gasteiger charge is 2.25. The third kappa shape index (κ3) is 3.86. The predicted molar refractivity (Wildman–Crippen MR) is 75.5 cm³/mol. The summed E-state index contributed by atoms with van der Waals surface area (Å²) < 4.78 is 16.9. The summed E-state index contributed by atoms with van der Waals surface area (Å²) in [7, 11) is -0.925. The van der Waals surface area contributed by atoms with Gasteiger partial charge in [-0.15, -0.1) is 0 Å². The van der Waals surface area contributed by atoms with Crippen LogP contribution in [0.15, 0.2) is 29.2 Å². The largest absolute Gasteiger partial charge is 0.394 e. The summed E-state index contributed by atoms with van der Waals surface area (Å²) in [4.78, 5) is 3.16. The Morgan fingerprint density at radius 3 is 2.68 bits per heavy atom. The van der Waals surface area contributed by atoms with Crippen molar-refractivity contribution in [2.24, 2.45) is 0 Å². The van der Waals surface area contributed by atoms with Crippen LogP contribution in [-0.4, -0.2) is 52.4 Å². The van der Waals surface area contributed by atoms with Gasteiger partial charge in [0.1, 0.15) is 0 Å². The van der Waals surface area contributed by atoms with Gasteiger partial charge in [-0.1, -0.05) is 12.1 Å². The molecular formula is C14H21NO3S. The van der Waals surface area contributed by atoms with E-state index in [9.17, 15) is 9.32 Å². The zero-order valence-electron chi connectivity index (χ0n) is 11.4. The number of ether oxygens (including phenoxy) is 1. The molecule has 1 N–H and O–H groups in total. The Kier molecular flexibility index (Phi) is 5.10. The van der Waals surface area contributed by atoms with E-state index in [1.54, 1.807) is 6.26 Å². The Labute approximate surface area is 116 Å². The van der Waals surface area contributed by atoms with Gasteiger partial charge < -0.3 is 9.84 Å². The molecule has 1 aromatic carbocycles. The quantitative estimate of drug-likeness (QED) is 0.896. The molecule has 1 aliphatic rings. The molecular weight excluding hydrogens is 262 g/mol. The van der Waals surface area contributed by atoms with E-state index in [1.807, 2.05) is 24.3 Å². The van der Waals surface area contributed by atoms with E-state index in [2.05, 4.69) is 11.8 Å². The molecule has 0 radical (unpaired) electrons. The average molecular weight is 283 g/mol. The van der Waals surface area contributed by atoms with Gasteiger partial charge in [-0.25, -0.2) is 0 Å². The Hall–Kier alpha value is -0.750. The van der Waals surface area contributed by atoms with Crippen LogP contribution in [0.1, 0.15) is 12.5 Å². The summed E-state index contributed by atoms with van der Waals surface area (Å²) in [6, 6.07) is 8.22. The highest BCUT2D eigenvalue weighted by molar-refractivity contribution is 7.84. The lowest BCUT2D eigenvalue weighted by molar-refractivity contribution is -0.0805. The molecule has 0 bridgehead atoms. The lowest BCUT2D eigenvalue weighted by atomic mass is 10.1. The first-order valence-electron chi connectivity index (χ1n) is 6.49. The van der Waals surface area contributed by atoms with Gasteiger partial charge in [0.25, 0.3) is 0 Å². The molecule has 0 saturated carbocycles. The van der Waals surface area contributed by atoms with Crippen molar-refractivity contribution in [3.05, 3.63) is 29.8 Å². The van der Waals surface area contributed by atoms with Gasteiger partial charge in [-0.2, -0.15) is 0 Å². The van der Waals surface area contributed by atoms with Crippen molar-refractivity contribution in [1.29, 1.82) is 0 Å². The lowest BCUT2D eigenvalue weighted by Gasteiger charge is -2.37. The van der Waals surface area contributed by atoms with Crippen LogP contribution in [0, 0.1) is 0 Å². The molecule has 1 heterocycles. The van der Waals surface area contributed by atoms with Crippen LogP contribution in [-0.2, 0) is 22.1 Å². The molecule has 3 unspecified atom stereocenters. The summed E-state index contributed by atoms with van der Waals surface area (Å²) in [5.41, 5.74) is 1.19. The average Bonchev–Trinajstić information content (AvgIpc) is 2.42. The summed E-state index contributed by atoms with van der Waals surface area (Å²) in [5, 5.41) is 9.17. The molecule has 19 heavy (non-hydrogen) atoms. The molecule has 4 nitrogen and oxygen atoms in total. The van der Waals surface area contributed by atoms with Crippen molar-refractivity contribution in [2.75, 3.05) is 26.0 Å². The Balaban J connectivity index is 2.01. The van der Waals surface area contributed by atoms with E-state index in [-0.39, 0.29) is 12.7 Å². The fourth-order valence-electron chi connectivity index (χ4n) is 2.23. The highest BCUT2D eigenvalue weighted by atomic mass is 32.2. The third-order valence-corrected chi connectivity index (χ3v) is 4.42. The molecule has 1 aromatic rings. The maximum atomic E-state index is 11.3. The second kappa shape index (κ2) is 6.61. The summed E-state index contributed by atoms with van der Waals surface area (Å²) in [6.07, 6.45) is 1.60. The minimum Gasteiger partial charge on any atom is -0.394 e. The van der Waals surface area contributed by atoms with Crippen molar-refractivity contribution in [3.63, 3.8) is 0 Å². The predicted octanol–water partition coefficient (Wildman–Crippen LogP) is 1.01. The van der Waals surface area contributed by atoms with Crippen LogP contribution in [0.2, 0.25) is 0 Å². The van der Waals surface area contributed by atoms with Crippen LogP contribution >= 0.6 is 0 Å². The van der Waals surface area contributed by atoms with Crippen molar-refractivity contribution in [3.8, 4) is 0 Å². The number of rotatable bonds is 4. The standard InChI is InChI=1S/C14H21NO3S/c1-11-10-18-13(9-16)8-15(11)7-12-3-5-14(6-4-12)19(2)17/h3-6,11,13,16H,7-10H2,1-2H3. The first kappa shape index (κ1) is 14.7. The normalized spacial score (nSPS) is 26.3. The minimum absolute atomic E-state index is 0.0664. The monoisotopic (exact) mass is 283 g/mol. The molecule has 1 saturated heterocycles. The number of hydrogen-bond acceptors (Lipinski definition) is 4. The fourth-order valence-corrected chi connectivity index (χ4v) is 2.75. The van der Waals surface area contributed by atoms with Gasteiger partial charge >= 0.3 is 0 Å². The summed E-state index contributed by atoms with van der Waals surface area (Å²) in [5.74, 6) is 0. The van der Waals surface area contributed by atoms with E-state index in [1.165, 1.54) is 5.56 Å². The molecule has 0 aliphatic carbocycles. The molecule has 106 valence electrons. The lowest BCUT2D eigenvalue weighted by Crippen LogP contribution is -2.48. The van der Waals surface area contributed by atoms with Crippen LogP contribution in [0.5, 0.6) is 0 Å². The van der Waals surface area contributed by atoms with E-state index < -0.39 is 10.8 Å². The smallest absolute Gasteiger partial charge is 0.0933 e. The number of nitrogens with zero attached hydrogens (tertiary/aromatic N) is 1. The number of hydrogen-bond donors (Lipinski definition) is 1. The van der Waals surface area contributed by atoms with Gasteiger partial charge in [0.15, 0.2) is 0 Å². The Bertz CT molecular complexity index is 435. The zero-order valence-corrected chi connectivity index (χ0v) is 12.2. The topological polar surface area (TPSA) is 49.8 Å². The SMILES string of the molecule is CC1COC(CO)CN1Cc1ccc(S(C)=O)cc1. The van der Waals surface area contributed by atoms with Crippen LogP contribution < -0.4 is 0 Å². The van der Waals surface area contributed by atoms with Gasteiger partial charge in [0.05, 0.1) is 19.3 Å². The molecule has 0 aromatic heterocycles. The maximum Gasteiger partial charge on any atom is 0.0933 e. The summed E-state index contributed by atoms with van der Waals surface area (Å²) >= 11 is 0. The van der Waals surface area contributed by atoms with Crippen molar-refractivity contribution < 1.29 is 14.1 Å². The van der Waals surface area contributed by atoms with E-state index in [0.29, 0.717) is 12.6 Å². The van der Waals surface area contributed by atoms with Gasteiger partial charge in [-0.3, -0.25) is 9.11 Å². The van der Waals surface area contributed by atoms with E-state index >= 15 is 0 Å².